The Hall–Kier alpha value is -2.76. The van der Waals surface area contributed by atoms with Crippen molar-refractivity contribution in [1.82, 2.24) is 9.88 Å². The topological polar surface area (TPSA) is 59.5 Å². The number of halogens is 1. The molecule has 0 aliphatic carbocycles. The van der Waals surface area contributed by atoms with Gasteiger partial charge in [-0.2, -0.15) is 0 Å². The second kappa shape index (κ2) is 8.92. The predicted molar refractivity (Wildman–Crippen MR) is 90.9 cm³/mol. The SMILES string of the molecule is COC(=O)C(C)CN(Cc1ccncc1)C(=O)Cc1ccc(F)cc1. The fourth-order valence-electron chi connectivity index (χ4n) is 2.46. The molecule has 2 aromatic rings. The molecule has 0 aliphatic heterocycles. The van der Waals surface area contributed by atoms with Gasteiger partial charge in [0, 0.05) is 25.5 Å². The van der Waals surface area contributed by atoms with Crippen LogP contribution in [0.1, 0.15) is 18.1 Å². The third kappa shape index (κ3) is 5.67. The van der Waals surface area contributed by atoms with E-state index in [0.717, 1.165) is 11.1 Å². The molecule has 1 atom stereocenters. The minimum absolute atomic E-state index is 0.138. The summed E-state index contributed by atoms with van der Waals surface area (Å²) in [5.41, 5.74) is 1.64. The lowest BCUT2D eigenvalue weighted by Crippen LogP contribution is -2.37. The third-order valence-corrected chi connectivity index (χ3v) is 3.84. The number of hydrogen-bond donors (Lipinski definition) is 0. The number of methoxy groups -OCH3 is 1. The lowest BCUT2D eigenvalue weighted by molar-refractivity contribution is -0.146. The molecule has 0 aliphatic rings. The highest BCUT2D eigenvalue weighted by molar-refractivity contribution is 5.80. The summed E-state index contributed by atoms with van der Waals surface area (Å²) in [6.45, 7) is 2.33. The number of amides is 1. The fourth-order valence-corrected chi connectivity index (χ4v) is 2.46. The largest absolute Gasteiger partial charge is 0.469 e. The molecule has 0 saturated carbocycles. The van der Waals surface area contributed by atoms with E-state index < -0.39 is 5.92 Å². The van der Waals surface area contributed by atoms with Crippen LogP contribution in [0.3, 0.4) is 0 Å². The first kappa shape index (κ1) is 18.6. The van der Waals surface area contributed by atoms with E-state index in [2.05, 4.69) is 4.98 Å². The molecule has 1 aromatic heterocycles. The van der Waals surface area contributed by atoms with Crippen molar-refractivity contribution in [2.24, 2.45) is 5.92 Å². The smallest absolute Gasteiger partial charge is 0.310 e. The predicted octanol–water partition coefficient (Wildman–Crippen LogP) is 2.60. The first-order valence-corrected chi connectivity index (χ1v) is 7.98. The van der Waals surface area contributed by atoms with Crippen LogP contribution < -0.4 is 0 Å². The first-order valence-electron chi connectivity index (χ1n) is 7.98. The minimum Gasteiger partial charge on any atom is -0.469 e. The van der Waals surface area contributed by atoms with Crippen LogP contribution in [0.25, 0.3) is 0 Å². The van der Waals surface area contributed by atoms with Gasteiger partial charge in [-0.15, -0.1) is 0 Å². The van der Waals surface area contributed by atoms with Crippen molar-refractivity contribution >= 4 is 11.9 Å². The number of carbonyl (C=O) groups is 2. The molecule has 1 heterocycles. The van der Waals surface area contributed by atoms with Gasteiger partial charge in [-0.25, -0.2) is 4.39 Å². The lowest BCUT2D eigenvalue weighted by Gasteiger charge is -2.25. The van der Waals surface area contributed by atoms with Crippen LogP contribution in [0.15, 0.2) is 48.8 Å². The minimum atomic E-state index is -0.441. The number of rotatable bonds is 7. The molecule has 2 rings (SSSR count). The van der Waals surface area contributed by atoms with E-state index in [9.17, 15) is 14.0 Å². The van der Waals surface area contributed by atoms with Crippen LogP contribution >= 0.6 is 0 Å². The van der Waals surface area contributed by atoms with Crippen molar-refractivity contribution in [2.45, 2.75) is 19.9 Å². The molecule has 0 N–H and O–H groups in total. The molecule has 132 valence electrons. The molecule has 0 spiro atoms. The Kier molecular flexibility index (Phi) is 6.62. The summed E-state index contributed by atoms with van der Waals surface area (Å²) in [6.07, 6.45) is 3.45. The number of benzene rings is 1. The zero-order valence-electron chi connectivity index (χ0n) is 14.3. The highest BCUT2D eigenvalue weighted by Crippen LogP contribution is 2.12. The second-order valence-electron chi connectivity index (χ2n) is 5.86. The molecule has 0 fully saturated rings. The normalized spacial score (nSPS) is 11.6. The summed E-state index contributed by atoms with van der Waals surface area (Å²) in [7, 11) is 1.33. The van der Waals surface area contributed by atoms with E-state index in [-0.39, 0.29) is 30.7 Å². The average molecular weight is 344 g/mol. The highest BCUT2D eigenvalue weighted by Gasteiger charge is 2.22. The van der Waals surface area contributed by atoms with Crippen LogP contribution in [0.4, 0.5) is 4.39 Å². The molecule has 0 bridgehead atoms. The molecule has 6 heteroatoms. The zero-order chi connectivity index (χ0) is 18.2. The molecule has 1 amide bonds. The average Bonchev–Trinajstić information content (AvgIpc) is 2.63. The van der Waals surface area contributed by atoms with Gasteiger partial charge in [0.2, 0.25) is 5.91 Å². The fraction of sp³-hybridized carbons (Fsp3) is 0.316. The number of carbonyl (C=O) groups excluding carboxylic acids is 2. The summed E-state index contributed by atoms with van der Waals surface area (Å²) >= 11 is 0. The standard InChI is InChI=1S/C19H21FN2O3/c1-14(19(24)25-2)12-22(13-16-7-9-21-10-8-16)18(23)11-15-3-5-17(20)6-4-15/h3-10,14H,11-13H2,1-2H3. The van der Waals surface area contributed by atoms with Gasteiger partial charge >= 0.3 is 5.97 Å². The van der Waals surface area contributed by atoms with Gasteiger partial charge in [-0.3, -0.25) is 14.6 Å². The zero-order valence-corrected chi connectivity index (χ0v) is 14.3. The summed E-state index contributed by atoms with van der Waals surface area (Å²) < 4.78 is 17.8. The van der Waals surface area contributed by atoms with Gasteiger partial charge in [0.05, 0.1) is 19.4 Å². The number of ether oxygens (including phenoxy) is 1. The van der Waals surface area contributed by atoms with Crippen molar-refractivity contribution in [3.05, 3.63) is 65.7 Å². The Morgan fingerprint density at radius 2 is 1.76 bits per heavy atom. The molecule has 1 aromatic carbocycles. The number of pyridine rings is 1. The number of aromatic nitrogens is 1. The molecule has 0 radical (unpaired) electrons. The van der Waals surface area contributed by atoms with Crippen molar-refractivity contribution in [1.29, 1.82) is 0 Å². The molecule has 25 heavy (non-hydrogen) atoms. The summed E-state index contributed by atoms with van der Waals surface area (Å²) in [5, 5.41) is 0. The molecule has 5 nitrogen and oxygen atoms in total. The van der Waals surface area contributed by atoms with Crippen LogP contribution in [-0.2, 0) is 27.3 Å². The van der Waals surface area contributed by atoms with E-state index >= 15 is 0 Å². The van der Waals surface area contributed by atoms with Gasteiger partial charge < -0.3 is 9.64 Å². The molecule has 1 unspecified atom stereocenters. The number of nitrogens with zero attached hydrogens (tertiary/aromatic N) is 2. The van der Waals surface area contributed by atoms with Crippen molar-refractivity contribution in [3.8, 4) is 0 Å². The maximum Gasteiger partial charge on any atom is 0.310 e. The number of esters is 1. The maximum absolute atomic E-state index is 13.0. The quantitative estimate of drug-likeness (QED) is 0.725. The van der Waals surface area contributed by atoms with E-state index in [1.165, 1.54) is 19.2 Å². The van der Waals surface area contributed by atoms with Crippen LogP contribution in [-0.4, -0.2) is 35.4 Å². The Morgan fingerprint density at radius 3 is 2.36 bits per heavy atom. The van der Waals surface area contributed by atoms with Gasteiger partial charge in [-0.05, 0) is 35.4 Å². The molecular formula is C19H21FN2O3. The summed E-state index contributed by atoms with van der Waals surface area (Å²) in [6, 6.07) is 9.46. The summed E-state index contributed by atoms with van der Waals surface area (Å²) in [4.78, 5) is 30.0. The van der Waals surface area contributed by atoms with Gasteiger partial charge in [0.1, 0.15) is 5.82 Å². The maximum atomic E-state index is 13.0. The van der Waals surface area contributed by atoms with Crippen LogP contribution in [0.5, 0.6) is 0 Å². The number of hydrogen-bond acceptors (Lipinski definition) is 4. The van der Waals surface area contributed by atoms with Crippen LogP contribution in [0, 0.1) is 11.7 Å². The summed E-state index contributed by atoms with van der Waals surface area (Å²) in [5.74, 6) is -1.29. The van der Waals surface area contributed by atoms with Gasteiger partial charge in [-0.1, -0.05) is 19.1 Å². The Labute approximate surface area is 146 Å². The van der Waals surface area contributed by atoms with E-state index in [1.807, 2.05) is 12.1 Å². The molecule has 0 saturated heterocycles. The lowest BCUT2D eigenvalue weighted by atomic mass is 10.1. The first-order chi connectivity index (χ1) is 12.0. The Morgan fingerprint density at radius 1 is 1.12 bits per heavy atom. The van der Waals surface area contributed by atoms with Crippen LogP contribution in [0.2, 0.25) is 0 Å². The molecular weight excluding hydrogens is 323 g/mol. The Bertz CT molecular complexity index is 704. The van der Waals surface area contributed by atoms with E-state index in [0.29, 0.717) is 6.54 Å². The van der Waals surface area contributed by atoms with Gasteiger partial charge in [0.25, 0.3) is 0 Å². The van der Waals surface area contributed by atoms with Gasteiger partial charge in [0.15, 0.2) is 0 Å². The third-order valence-electron chi connectivity index (χ3n) is 3.84. The second-order valence-corrected chi connectivity index (χ2v) is 5.86. The van der Waals surface area contributed by atoms with Crippen molar-refractivity contribution < 1.29 is 18.7 Å². The highest BCUT2D eigenvalue weighted by atomic mass is 19.1. The van der Waals surface area contributed by atoms with Crippen molar-refractivity contribution in [3.63, 3.8) is 0 Å². The van der Waals surface area contributed by atoms with E-state index in [4.69, 9.17) is 4.74 Å². The Balaban J connectivity index is 2.12. The van der Waals surface area contributed by atoms with Crippen molar-refractivity contribution in [2.75, 3.05) is 13.7 Å². The monoisotopic (exact) mass is 344 g/mol. The van der Waals surface area contributed by atoms with E-state index in [1.54, 1.807) is 36.4 Å².